The lowest BCUT2D eigenvalue weighted by atomic mass is 9.86. The zero-order valence-electron chi connectivity index (χ0n) is 36.6. The van der Waals surface area contributed by atoms with Gasteiger partial charge >= 0.3 is 5.63 Å². The molecule has 7 atom stereocenters. The zero-order valence-corrected chi connectivity index (χ0v) is 36.6. The average molecular weight is 878 g/mol. The van der Waals surface area contributed by atoms with E-state index in [9.17, 15) is 9.90 Å². The van der Waals surface area contributed by atoms with E-state index in [2.05, 4.69) is 0 Å². The number of aromatic hydroxyl groups is 1. The summed E-state index contributed by atoms with van der Waals surface area (Å²) >= 11 is 0. The van der Waals surface area contributed by atoms with Crippen LogP contribution in [0.2, 0.25) is 0 Å². The lowest BCUT2D eigenvalue weighted by Crippen LogP contribution is -2.63. The van der Waals surface area contributed by atoms with Crippen molar-refractivity contribution >= 4 is 11.0 Å². The van der Waals surface area contributed by atoms with E-state index in [4.69, 9.17) is 37.8 Å². The quantitative estimate of drug-likeness (QED) is 0.0549. The highest BCUT2D eigenvalue weighted by atomic mass is 17.0. The molecule has 1 saturated heterocycles. The molecule has 0 amide bonds. The summed E-state index contributed by atoms with van der Waals surface area (Å²) in [5.41, 5.74) is 4.52. The van der Waals surface area contributed by atoms with E-state index in [-0.39, 0.29) is 44.2 Å². The summed E-state index contributed by atoms with van der Waals surface area (Å²) in [7, 11) is 1.51. The highest BCUT2D eigenvalue weighted by molar-refractivity contribution is 5.84. The monoisotopic (exact) mass is 877 g/mol. The van der Waals surface area contributed by atoms with Crippen LogP contribution in [-0.4, -0.2) is 60.8 Å². The first-order valence-corrected chi connectivity index (χ1v) is 22.0. The number of benzene rings is 6. The van der Waals surface area contributed by atoms with E-state index in [0.717, 1.165) is 27.8 Å². The molecule has 0 aliphatic carbocycles. The van der Waals surface area contributed by atoms with Gasteiger partial charge in [-0.05, 0) is 53.3 Å². The van der Waals surface area contributed by atoms with Crippen molar-refractivity contribution in [3.63, 3.8) is 0 Å². The SMILES string of the molecule is CON(OC1O[C@H](COCc2ccccc2)[C@@H](OCc2ccccc2)[C@H](OCc2ccccc2)[C@H]1OCc1ccccc1)C(C)CC(c1ccccc1)c1c(O)c2ccccc2oc1=O. The Kier molecular flexibility index (Phi) is 16.0. The Morgan fingerprint density at radius 1 is 0.600 bits per heavy atom. The maximum Gasteiger partial charge on any atom is 0.343 e. The number of ether oxygens (including phenoxy) is 5. The fraction of sp³-hybridized carbons (Fsp3) is 0.278. The largest absolute Gasteiger partial charge is 0.507 e. The van der Waals surface area contributed by atoms with Crippen LogP contribution >= 0.6 is 0 Å². The van der Waals surface area contributed by atoms with Gasteiger partial charge in [0, 0.05) is 5.92 Å². The summed E-state index contributed by atoms with van der Waals surface area (Å²) in [6.07, 6.45) is -3.83. The molecule has 6 aromatic carbocycles. The third-order valence-corrected chi connectivity index (χ3v) is 11.5. The van der Waals surface area contributed by atoms with Crippen molar-refractivity contribution in [3.8, 4) is 5.75 Å². The molecule has 0 spiro atoms. The second-order valence-electron chi connectivity index (χ2n) is 16.1. The highest BCUT2D eigenvalue weighted by Gasteiger charge is 2.50. The van der Waals surface area contributed by atoms with E-state index >= 15 is 0 Å². The molecule has 1 aromatic heterocycles. The summed E-state index contributed by atoms with van der Waals surface area (Å²) in [6.45, 7) is 3.16. The molecule has 3 unspecified atom stereocenters. The molecule has 11 nitrogen and oxygen atoms in total. The summed E-state index contributed by atoms with van der Waals surface area (Å²) in [5.74, 6) is -0.756. The molecule has 0 radical (unpaired) electrons. The second-order valence-corrected chi connectivity index (χ2v) is 16.1. The Balaban J connectivity index is 1.13. The molecule has 336 valence electrons. The van der Waals surface area contributed by atoms with Crippen LogP contribution in [0.4, 0.5) is 0 Å². The fourth-order valence-electron chi connectivity index (χ4n) is 8.25. The van der Waals surface area contributed by atoms with Gasteiger partial charge in [0.15, 0.2) is 0 Å². The zero-order chi connectivity index (χ0) is 44.8. The standard InChI is InChI=1S/C54H55NO10/c1-38(32-45(43-28-16-7-17-29-43)48-49(56)44-30-18-19-31-46(44)63-53(48)57)55(58-2)65-54-52(62-36-42-26-14-6-15-27-42)51(61-35-41-24-12-5-13-25-41)50(60-34-40-22-10-4-11-23-40)47(64-54)37-59-33-39-20-8-3-9-21-39/h3-31,38,45,47,50-52,54,56H,32-37H2,1-2H3/t38?,45?,47-,50-,51+,52-,54?/m1/s1. The van der Waals surface area contributed by atoms with Crippen molar-refractivity contribution in [2.24, 2.45) is 0 Å². The highest BCUT2D eigenvalue weighted by Crippen LogP contribution is 2.38. The van der Waals surface area contributed by atoms with Crippen molar-refractivity contribution in [3.05, 3.63) is 220 Å². The predicted molar refractivity (Wildman–Crippen MR) is 246 cm³/mol. The number of fused-ring (bicyclic) bond motifs is 1. The van der Waals surface area contributed by atoms with Crippen molar-refractivity contribution in [2.75, 3.05) is 13.7 Å². The third kappa shape index (κ3) is 11.8. The van der Waals surface area contributed by atoms with Gasteiger partial charge in [-0.1, -0.05) is 169 Å². The molecular formula is C54H55NO10. The molecule has 1 N–H and O–H groups in total. The number of hydrogen-bond donors (Lipinski definition) is 1. The summed E-state index contributed by atoms with van der Waals surface area (Å²) in [5, 5.41) is 13.5. The number of rotatable bonds is 21. The van der Waals surface area contributed by atoms with Gasteiger partial charge in [0.25, 0.3) is 0 Å². The Morgan fingerprint density at radius 3 is 1.63 bits per heavy atom. The molecule has 0 saturated carbocycles. The minimum Gasteiger partial charge on any atom is -0.507 e. The van der Waals surface area contributed by atoms with Crippen LogP contribution in [0.25, 0.3) is 11.0 Å². The third-order valence-electron chi connectivity index (χ3n) is 11.5. The Bertz CT molecular complexity index is 2550. The van der Waals surface area contributed by atoms with Gasteiger partial charge < -0.3 is 33.2 Å². The van der Waals surface area contributed by atoms with Gasteiger partial charge in [-0.3, -0.25) is 4.84 Å². The molecule has 2 heterocycles. The summed E-state index contributed by atoms with van der Waals surface area (Å²) in [4.78, 5) is 26.6. The minimum absolute atomic E-state index is 0.133. The predicted octanol–water partition coefficient (Wildman–Crippen LogP) is 9.90. The summed E-state index contributed by atoms with van der Waals surface area (Å²) in [6, 6.07) is 55.7. The van der Waals surface area contributed by atoms with Crippen LogP contribution in [0.3, 0.4) is 0 Å². The van der Waals surface area contributed by atoms with Crippen molar-refractivity contribution in [2.45, 2.75) is 82.4 Å². The lowest BCUT2D eigenvalue weighted by molar-refractivity contribution is -0.458. The van der Waals surface area contributed by atoms with Gasteiger partial charge in [0.1, 0.15) is 35.7 Å². The summed E-state index contributed by atoms with van der Waals surface area (Å²) < 4.78 is 39.7. The van der Waals surface area contributed by atoms with Crippen molar-refractivity contribution < 1.29 is 42.9 Å². The first-order chi connectivity index (χ1) is 31.9. The Hall–Kier alpha value is -5.99. The molecule has 0 bridgehead atoms. The lowest BCUT2D eigenvalue weighted by Gasteiger charge is -2.46. The number of nitrogens with zero attached hydrogens (tertiary/aromatic N) is 1. The second kappa shape index (κ2) is 22.8. The van der Waals surface area contributed by atoms with Gasteiger partial charge in [-0.2, -0.15) is 0 Å². The molecule has 1 fully saturated rings. The molecular weight excluding hydrogens is 823 g/mol. The maximum absolute atomic E-state index is 13.7. The molecule has 8 rings (SSSR count). The van der Waals surface area contributed by atoms with E-state index in [0.29, 0.717) is 17.6 Å². The van der Waals surface area contributed by atoms with Crippen molar-refractivity contribution in [1.29, 1.82) is 0 Å². The number of para-hydroxylation sites is 1. The van der Waals surface area contributed by atoms with E-state index in [1.165, 1.54) is 12.3 Å². The number of hydroxylamine groups is 2. The van der Waals surface area contributed by atoms with Crippen LogP contribution in [0.15, 0.2) is 185 Å². The van der Waals surface area contributed by atoms with Crippen LogP contribution in [0.1, 0.15) is 52.6 Å². The fourth-order valence-corrected chi connectivity index (χ4v) is 8.25. The molecule has 7 aromatic rings. The van der Waals surface area contributed by atoms with Gasteiger partial charge in [-0.15, -0.1) is 0 Å². The van der Waals surface area contributed by atoms with Crippen LogP contribution in [0, 0.1) is 0 Å². The topological polar surface area (TPSA) is 118 Å². The van der Waals surface area contributed by atoms with Crippen LogP contribution in [0.5, 0.6) is 5.75 Å². The van der Waals surface area contributed by atoms with E-state index in [1.54, 1.807) is 24.3 Å². The number of hydrogen-bond acceptors (Lipinski definition) is 11. The van der Waals surface area contributed by atoms with Crippen LogP contribution in [-0.2, 0) is 59.8 Å². The first kappa shape index (κ1) is 45.6. The van der Waals surface area contributed by atoms with Gasteiger partial charge in [0.2, 0.25) is 6.29 Å². The van der Waals surface area contributed by atoms with E-state index in [1.807, 2.05) is 159 Å². The molecule has 1 aliphatic heterocycles. The van der Waals surface area contributed by atoms with Gasteiger partial charge in [0.05, 0.1) is 57.1 Å². The normalized spacial score (nSPS) is 19.6. The first-order valence-electron chi connectivity index (χ1n) is 22.0. The van der Waals surface area contributed by atoms with Crippen LogP contribution < -0.4 is 5.63 Å². The Morgan fingerprint density at radius 2 is 1.08 bits per heavy atom. The van der Waals surface area contributed by atoms with Gasteiger partial charge in [-0.25, -0.2) is 9.63 Å². The smallest absolute Gasteiger partial charge is 0.343 e. The van der Waals surface area contributed by atoms with E-state index < -0.39 is 48.3 Å². The maximum atomic E-state index is 13.7. The molecule has 1 aliphatic rings. The Labute approximate surface area is 379 Å². The average Bonchev–Trinajstić information content (AvgIpc) is 3.35. The van der Waals surface area contributed by atoms with Crippen molar-refractivity contribution in [1.82, 2.24) is 5.23 Å². The molecule has 65 heavy (non-hydrogen) atoms. The molecule has 11 heteroatoms. The minimum atomic E-state index is -1.11.